The van der Waals surface area contributed by atoms with Gasteiger partial charge in [-0.05, 0) is 36.0 Å². The first-order valence-electron chi connectivity index (χ1n) is 15.2. The number of aromatic nitrogens is 2. The van der Waals surface area contributed by atoms with Gasteiger partial charge in [0.15, 0.2) is 0 Å². The first kappa shape index (κ1) is 33.6. The second-order valence-corrected chi connectivity index (χ2v) is 10.8. The Hall–Kier alpha value is -5.29. The predicted octanol–water partition coefficient (Wildman–Crippen LogP) is 4.09. The summed E-state index contributed by atoms with van der Waals surface area (Å²) in [5.41, 5.74) is 9.23. The molecule has 4 aromatic rings. The maximum absolute atomic E-state index is 13.8. The van der Waals surface area contributed by atoms with Gasteiger partial charge < -0.3 is 25.5 Å². The highest BCUT2D eigenvalue weighted by Crippen LogP contribution is 2.18. The zero-order valence-corrected chi connectivity index (χ0v) is 25.5. The number of hydrogen-bond acceptors (Lipinski definition) is 8. The number of imide groups is 1. The Morgan fingerprint density at radius 2 is 1.39 bits per heavy atom. The summed E-state index contributed by atoms with van der Waals surface area (Å²) in [5.74, 6) is -1.68. The Morgan fingerprint density at radius 1 is 0.804 bits per heavy atom. The highest BCUT2D eigenvalue weighted by atomic mass is 16.6. The highest BCUT2D eigenvalue weighted by Gasteiger charge is 2.39. The number of carbonyl (C=O) groups excluding carboxylic acids is 4. The molecule has 0 radical (unpaired) electrons. The molecule has 0 aliphatic carbocycles. The van der Waals surface area contributed by atoms with E-state index in [4.69, 9.17) is 15.2 Å². The number of benzene rings is 3. The normalized spacial score (nSPS) is 12.0. The van der Waals surface area contributed by atoms with Crippen LogP contribution in [0.1, 0.15) is 41.6 Å². The summed E-state index contributed by atoms with van der Waals surface area (Å²) in [5, 5.41) is 2.88. The molecule has 0 aliphatic heterocycles. The van der Waals surface area contributed by atoms with Gasteiger partial charge in [0.2, 0.25) is 11.8 Å². The maximum atomic E-state index is 13.8. The van der Waals surface area contributed by atoms with E-state index < -0.39 is 30.1 Å². The molecule has 0 saturated heterocycles. The summed E-state index contributed by atoms with van der Waals surface area (Å²) in [7, 11) is 0. The maximum Gasteiger partial charge on any atom is 0.417 e. The molecule has 240 valence electrons. The van der Waals surface area contributed by atoms with Gasteiger partial charge in [-0.3, -0.25) is 9.59 Å². The Morgan fingerprint density at radius 3 is 1.98 bits per heavy atom. The van der Waals surface area contributed by atoms with Crippen LogP contribution in [0.4, 0.5) is 4.79 Å². The second kappa shape index (κ2) is 17.9. The largest absolute Gasteiger partial charge is 0.459 e. The van der Waals surface area contributed by atoms with Gasteiger partial charge in [-0.1, -0.05) is 91.0 Å². The molecule has 11 heteroatoms. The van der Waals surface area contributed by atoms with Gasteiger partial charge in [-0.15, -0.1) is 0 Å². The summed E-state index contributed by atoms with van der Waals surface area (Å²) in [6.07, 6.45) is 3.24. The first-order chi connectivity index (χ1) is 22.4. The Labute approximate surface area is 268 Å². The van der Waals surface area contributed by atoms with E-state index in [2.05, 4.69) is 15.3 Å². The van der Waals surface area contributed by atoms with Gasteiger partial charge >= 0.3 is 12.1 Å². The molecule has 0 aliphatic rings. The number of ether oxygens (including phenoxy) is 2. The number of esters is 1. The third-order valence-corrected chi connectivity index (χ3v) is 7.19. The summed E-state index contributed by atoms with van der Waals surface area (Å²) >= 11 is 0. The van der Waals surface area contributed by atoms with Gasteiger partial charge in [-0.2, -0.15) is 0 Å². The van der Waals surface area contributed by atoms with Crippen LogP contribution in [-0.2, 0) is 49.9 Å². The van der Waals surface area contributed by atoms with Crippen LogP contribution in [0.15, 0.2) is 104 Å². The minimum Gasteiger partial charge on any atom is -0.459 e. The van der Waals surface area contributed by atoms with Crippen LogP contribution in [0.2, 0.25) is 0 Å². The summed E-state index contributed by atoms with van der Waals surface area (Å²) < 4.78 is 11.1. The van der Waals surface area contributed by atoms with Crippen LogP contribution in [0.5, 0.6) is 0 Å². The third-order valence-electron chi connectivity index (χ3n) is 7.19. The van der Waals surface area contributed by atoms with Gasteiger partial charge in [0.1, 0.15) is 19.3 Å². The van der Waals surface area contributed by atoms with Crippen molar-refractivity contribution in [1.29, 1.82) is 0 Å². The number of aromatic amines is 1. The lowest BCUT2D eigenvalue weighted by Crippen LogP contribution is -2.55. The average molecular weight is 626 g/mol. The molecule has 11 nitrogen and oxygen atoms in total. The van der Waals surface area contributed by atoms with Crippen molar-refractivity contribution < 1.29 is 28.7 Å². The smallest absolute Gasteiger partial charge is 0.417 e. The molecule has 4 rings (SSSR count). The Kier molecular flexibility index (Phi) is 13.1. The number of amides is 3. The van der Waals surface area contributed by atoms with Crippen LogP contribution < -0.4 is 11.1 Å². The van der Waals surface area contributed by atoms with E-state index in [1.807, 2.05) is 54.6 Å². The molecule has 1 aromatic heterocycles. The topological polar surface area (TPSA) is 157 Å². The van der Waals surface area contributed by atoms with Gasteiger partial charge in [0.05, 0.1) is 18.8 Å². The predicted molar refractivity (Wildman–Crippen MR) is 171 cm³/mol. The van der Waals surface area contributed by atoms with E-state index >= 15 is 0 Å². The molecule has 3 aromatic carbocycles. The monoisotopic (exact) mass is 625 g/mol. The zero-order chi connectivity index (χ0) is 32.6. The van der Waals surface area contributed by atoms with E-state index in [0.29, 0.717) is 30.6 Å². The first-order valence-corrected chi connectivity index (χ1v) is 15.2. The molecule has 3 amide bonds. The molecule has 46 heavy (non-hydrogen) atoms. The van der Waals surface area contributed by atoms with E-state index in [0.717, 1.165) is 16.0 Å². The fourth-order valence-electron chi connectivity index (χ4n) is 4.77. The lowest BCUT2D eigenvalue weighted by Gasteiger charge is -2.30. The number of nitrogens with two attached hydrogens (primary N) is 1. The fraction of sp³-hybridized carbons (Fsp3) is 0.286. The summed E-state index contributed by atoms with van der Waals surface area (Å²) in [4.78, 5) is 61.0. The lowest BCUT2D eigenvalue weighted by molar-refractivity contribution is -0.156. The fourth-order valence-corrected chi connectivity index (χ4v) is 4.77. The van der Waals surface area contributed by atoms with E-state index in [9.17, 15) is 19.2 Å². The van der Waals surface area contributed by atoms with Gasteiger partial charge in [0, 0.05) is 24.9 Å². The molecular formula is C35H39N5O6. The van der Waals surface area contributed by atoms with Gasteiger partial charge in [0.25, 0.3) is 0 Å². The number of imidazole rings is 1. The number of carbonyl (C=O) groups is 4. The third kappa shape index (κ3) is 10.7. The summed E-state index contributed by atoms with van der Waals surface area (Å²) in [6, 6.07) is 25.0. The van der Waals surface area contributed by atoms with Crippen LogP contribution in [0.25, 0.3) is 0 Å². The van der Waals surface area contributed by atoms with Crippen molar-refractivity contribution in [2.45, 2.75) is 57.4 Å². The Balaban J connectivity index is 1.47. The molecule has 0 fully saturated rings. The highest BCUT2D eigenvalue weighted by molar-refractivity contribution is 5.99. The molecule has 0 saturated carbocycles. The van der Waals surface area contributed by atoms with E-state index in [1.54, 1.807) is 36.4 Å². The standard InChI is InChI=1S/C35H39N5O6/c36-30(21-29-22-37-25-39-29)33(42)40(35(44)46-24-28-16-8-3-9-17-28)31(34(43)45-23-27-14-6-2-7-15-27)18-10-11-19-38-32(41)20-26-12-4-1-5-13-26/h1-9,12-17,22,25,30-31H,10-11,18-21,23-24,36H2,(H,37,39)(H,38,41)/t30-,31-/m0/s1. The van der Waals surface area contributed by atoms with E-state index in [1.165, 1.54) is 12.5 Å². The van der Waals surface area contributed by atoms with Crippen LogP contribution in [-0.4, -0.2) is 57.4 Å². The number of nitrogens with one attached hydrogen (secondary N) is 2. The molecule has 0 spiro atoms. The Bertz CT molecular complexity index is 1520. The lowest BCUT2D eigenvalue weighted by atomic mass is 10.1. The molecule has 0 unspecified atom stereocenters. The van der Waals surface area contributed by atoms with Crippen molar-refractivity contribution in [2.24, 2.45) is 5.73 Å². The minimum absolute atomic E-state index is 0.0486. The van der Waals surface area contributed by atoms with Crippen molar-refractivity contribution in [3.63, 3.8) is 0 Å². The minimum atomic E-state index is -1.31. The molecular weight excluding hydrogens is 586 g/mol. The molecule has 4 N–H and O–H groups in total. The SMILES string of the molecule is N[C@@H](Cc1cnc[nH]1)C(=O)N(C(=O)OCc1ccccc1)[C@@H](CCCCNC(=O)Cc1ccccc1)C(=O)OCc1ccccc1. The number of rotatable bonds is 16. The van der Waals surface area contributed by atoms with Crippen LogP contribution in [0, 0.1) is 0 Å². The van der Waals surface area contributed by atoms with Crippen LogP contribution in [0.3, 0.4) is 0 Å². The number of unbranched alkanes of at least 4 members (excludes halogenated alkanes) is 1. The molecule has 0 bridgehead atoms. The van der Waals surface area contributed by atoms with Gasteiger partial charge in [-0.25, -0.2) is 19.5 Å². The van der Waals surface area contributed by atoms with Crippen LogP contribution >= 0.6 is 0 Å². The number of H-pyrrole nitrogens is 1. The second-order valence-electron chi connectivity index (χ2n) is 10.8. The average Bonchev–Trinajstić information content (AvgIpc) is 3.59. The summed E-state index contributed by atoms with van der Waals surface area (Å²) in [6.45, 7) is 0.189. The molecule has 1 heterocycles. The van der Waals surface area contributed by atoms with E-state index in [-0.39, 0.29) is 38.4 Å². The van der Waals surface area contributed by atoms with Crippen molar-refractivity contribution >= 4 is 23.9 Å². The van der Waals surface area contributed by atoms with Crippen molar-refractivity contribution in [3.05, 3.63) is 126 Å². The van der Waals surface area contributed by atoms with Crippen molar-refractivity contribution in [1.82, 2.24) is 20.2 Å². The zero-order valence-electron chi connectivity index (χ0n) is 25.5. The number of nitrogens with zero attached hydrogens (tertiary/aromatic N) is 2. The molecule has 2 atom stereocenters. The quantitative estimate of drug-likeness (QED) is 0.124. The number of hydrogen-bond donors (Lipinski definition) is 3. The van der Waals surface area contributed by atoms with Crippen molar-refractivity contribution in [2.75, 3.05) is 6.54 Å². The van der Waals surface area contributed by atoms with Crippen molar-refractivity contribution in [3.8, 4) is 0 Å².